The van der Waals surface area contributed by atoms with Gasteiger partial charge in [-0.15, -0.1) is 0 Å². The second-order valence-electron chi connectivity index (χ2n) is 6.49. The van der Waals surface area contributed by atoms with Gasteiger partial charge in [0.1, 0.15) is 0 Å². The van der Waals surface area contributed by atoms with Crippen LogP contribution in [0.4, 0.5) is 0 Å². The van der Waals surface area contributed by atoms with Crippen molar-refractivity contribution < 1.29 is 14.3 Å². The average Bonchev–Trinajstić information content (AvgIpc) is 2.71. The van der Waals surface area contributed by atoms with E-state index >= 15 is 0 Å². The number of ether oxygens (including phenoxy) is 2. The number of rotatable bonds is 1. The molecule has 2 unspecified atom stereocenters. The second-order valence-corrected chi connectivity index (χ2v) is 6.90. The largest absolute Gasteiger partial charge is 0.489 e. The first-order valence-electron chi connectivity index (χ1n) is 7.93. The van der Waals surface area contributed by atoms with Crippen molar-refractivity contribution in [2.75, 3.05) is 26.3 Å². The Morgan fingerprint density at radius 3 is 2.59 bits per heavy atom. The number of carbonyl (C=O) groups is 1. The third kappa shape index (κ3) is 3.17. The standard InChI is InChI=1S/C17H22ClNO3/c1-11-6-12(2)10-19(9-11)17(20)13-7-14(18)16-15(8-13)21-4-3-5-22-16/h7-8,11-12H,3-6,9-10H2,1-2H3. The van der Waals surface area contributed by atoms with E-state index in [-0.39, 0.29) is 5.91 Å². The van der Waals surface area contributed by atoms with Crippen molar-refractivity contribution >= 4 is 17.5 Å². The molecule has 3 rings (SSSR count). The second kappa shape index (κ2) is 6.37. The van der Waals surface area contributed by atoms with Crippen LogP contribution in [-0.2, 0) is 0 Å². The Balaban J connectivity index is 1.86. The molecule has 5 heteroatoms. The summed E-state index contributed by atoms with van der Waals surface area (Å²) in [6.45, 7) is 7.15. The number of hydrogen-bond donors (Lipinski definition) is 0. The fourth-order valence-electron chi connectivity index (χ4n) is 3.37. The Morgan fingerprint density at radius 1 is 1.18 bits per heavy atom. The summed E-state index contributed by atoms with van der Waals surface area (Å²) in [4.78, 5) is 14.7. The van der Waals surface area contributed by atoms with Crippen LogP contribution in [0.3, 0.4) is 0 Å². The molecule has 1 fully saturated rings. The van der Waals surface area contributed by atoms with Crippen molar-refractivity contribution in [3.8, 4) is 11.5 Å². The maximum Gasteiger partial charge on any atom is 0.254 e. The minimum Gasteiger partial charge on any atom is -0.489 e. The minimum atomic E-state index is 0.0240. The van der Waals surface area contributed by atoms with E-state index in [9.17, 15) is 4.79 Å². The van der Waals surface area contributed by atoms with Gasteiger partial charge in [-0.05, 0) is 30.4 Å². The molecule has 120 valence electrons. The molecule has 0 saturated carbocycles. The van der Waals surface area contributed by atoms with Crippen molar-refractivity contribution in [1.82, 2.24) is 4.90 Å². The lowest BCUT2D eigenvalue weighted by atomic mass is 9.91. The monoisotopic (exact) mass is 323 g/mol. The molecule has 2 atom stereocenters. The maximum atomic E-state index is 12.8. The SMILES string of the molecule is CC1CC(C)CN(C(=O)c2cc(Cl)c3c(c2)OCCCO3)C1. The number of carbonyl (C=O) groups excluding carboxylic acids is 1. The lowest BCUT2D eigenvalue weighted by Gasteiger charge is -2.35. The van der Waals surface area contributed by atoms with Gasteiger partial charge in [0.15, 0.2) is 11.5 Å². The number of amides is 1. The molecule has 1 saturated heterocycles. The van der Waals surface area contributed by atoms with E-state index in [1.807, 2.05) is 4.90 Å². The van der Waals surface area contributed by atoms with Crippen molar-refractivity contribution in [3.05, 3.63) is 22.7 Å². The van der Waals surface area contributed by atoms with Crippen molar-refractivity contribution in [3.63, 3.8) is 0 Å². The highest BCUT2D eigenvalue weighted by atomic mass is 35.5. The Labute approximate surface area is 136 Å². The lowest BCUT2D eigenvalue weighted by molar-refractivity contribution is 0.0622. The van der Waals surface area contributed by atoms with Crippen molar-refractivity contribution in [2.24, 2.45) is 11.8 Å². The lowest BCUT2D eigenvalue weighted by Crippen LogP contribution is -2.42. The third-order valence-electron chi connectivity index (χ3n) is 4.21. The Hall–Kier alpha value is -1.42. The number of nitrogens with zero attached hydrogens (tertiary/aromatic N) is 1. The zero-order valence-electron chi connectivity index (χ0n) is 13.1. The number of likely N-dealkylation sites (tertiary alicyclic amines) is 1. The summed E-state index contributed by atoms with van der Waals surface area (Å²) < 4.78 is 11.3. The molecule has 0 aromatic heterocycles. The van der Waals surface area contributed by atoms with Gasteiger partial charge < -0.3 is 14.4 Å². The first kappa shape index (κ1) is 15.5. The summed E-state index contributed by atoms with van der Waals surface area (Å²) in [7, 11) is 0. The van der Waals surface area contributed by atoms with E-state index in [4.69, 9.17) is 21.1 Å². The van der Waals surface area contributed by atoms with E-state index in [0.29, 0.717) is 47.1 Å². The van der Waals surface area contributed by atoms with Gasteiger partial charge in [0.2, 0.25) is 0 Å². The highest BCUT2D eigenvalue weighted by molar-refractivity contribution is 6.32. The quantitative estimate of drug-likeness (QED) is 0.792. The summed E-state index contributed by atoms with van der Waals surface area (Å²) in [5.74, 6) is 2.21. The van der Waals surface area contributed by atoms with Gasteiger partial charge in [0.05, 0.1) is 18.2 Å². The fourth-order valence-corrected chi connectivity index (χ4v) is 3.63. The first-order valence-corrected chi connectivity index (χ1v) is 8.31. The van der Waals surface area contributed by atoms with Crippen LogP contribution < -0.4 is 9.47 Å². The van der Waals surface area contributed by atoms with Crippen LogP contribution in [0.1, 0.15) is 37.0 Å². The van der Waals surface area contributed by atoms with Gasteiger partial charge in [-0.25, -0.2) is 0 Å². The summed E-state index contributed by atoms with van der Waals surface area (Å²) in [5, 5.41) is 0.445. The van der Waals surface area contributed by atoms with E-state index in [1.54, 1.807) is 12.1 Å². The topological polar surface area (TPSA) is 38.8 Å². The Morgan fingerprint density at radius 2 is 1.86 bits per heavy atom. The predicted octanol–water partition coefficient (Wildman–Crippen LogP) is 3.62. The molecule has 0 N–H and O–H groups in total. The summed E-state index contributed by atoms with van der Waals surface area (Å²) in [5.41, 5.74) is 0.579. The molecule has 1 aromatic rings. The fraction of sp³-hybridized carbons (Fsp3) is 0.588. The van der Waals surface area contributed by atoms with E-state index < -0.39 is 0 Å². The molecule has 4 nitrogen and oxygen atoms in total. The van der Waals surface area contributed by atoms with Crippen LogP contribution in [0.5, 0.6) is 11.5 Å². The molecule has 2 aliphatic rings. The molecular formula is C17H22ClNO3. The Bertz CT molecular complexity index is 565. The van der Waals surface area contributed by atoms with Crippen LogP contribution in [0, 0.1) is 11.8 Å². The molecule has 0 spiro atoms. The number of piperidine rings is 1. The number of benzene rings is 1. The molecule has 2 aliphatic heterocycles. The van der Waals surface area contributed by atoms with Gasteiger partial charge in [0.25, 0.3) is 5.91 Å². The van der Waals surface area contributed by atoms with Crippen LogP contribution in [0.2, 0.25) is 5.02 Å². The summed E-state index contributed by atoms with van der Waals surface area (Å²) in [6.07, 6.45) is 1.99. The summed E-state index contributed by atoms with van der Waals surface area (Å²) in [6, 6.07) is 3.46. The molecule has 1 aromatic carbocycles. The predicted molar refractivity (Wildman–Crippen MR) is 85.9 cm³/mol. The normalized spacial score (nSPS) is 24.8. The molecular weight excluding hydrogens is 302 g/mol. The van der Waals surface area contributed by atoms with Crippen molar-refractivity contribution in [1.29, 1.82) is 0 Å². The number of hydrogen-bond acceptors (Lipinski definition) is 3. The summed E-state index contributed by atoms with van der Waals surface area (Å²) >= 11 is 6.28. The molecule has 0 radical (unpaired) electrons. The number of halogens is 1. The molecule has 0 bridgehead atoms. The molecule has 0 aliphatic carbocycles. The van der Waals surface area contributed by atoms with Gasteiger partial charge >= 0.3 is 0 Å². The van der Waals surface area contributed by atoms with E-state index in [1.165, 1.54) is 6.42 Å². The highest BCUT2D eigenvalue weighted by Gasteiger charge is 2.27. The van der Waals surface area contributed by atoms with E-state index in [0.717, 1.165) is 19.5 Å². The van der Waals surface area contributed by atoms with Crippen molar-refractivity contribution in [2.45, 2.75) is 26.7 Å². The number of fused-ring (bicyclic) bond motifs is 1. The third-order valence-corrected chi connectivity index (χ3v) is 4.49. The zero-order valence-corrected chi connectivity index (χ0v) is 13.9. The highest BCUT2D eigenvalue weighted by Crippen LogP contribution is 2.38. The van der Waals surface area contributed by atoms with Crippen LogP contribution in [-0.4, -0.2) is 37.1 Å². The zero-order chi connectivity index (χ0) is 15.7. The first-order chi connectivity index (χ1) is 10.5. The smallest absolute Gasteiger partial charge is 0.254 e. The van der Waals surface area contributed by atoms with Crippen LogP contribution >= 0.6 is 11.6 Å². The molecule has 2 heterocycles. The van der Waals surface area contributed by atoms with Crippen LogP contribution in [0.25, 0.3) is 0 Å². The van der Waals surface area contributed by atoms with Crippen LogP contribution in [0.15, 0.2) is 12.1 Å². The average molecular weight is 324 g/mol. The van der Waals surface area contributed by atoms with Gasteiger partial charge in [-0.3, -0.25) is 4.79 Å². The Kier molecular flexibility index (Phi) is 4.48. The maximum absolute atomic E-state index is 12.8. The molecule has 1 amide bonds. The van der Waals surface area contributed by atoms with E-state index in [2.05, 4.69) is 13.8 Å². The van der Waals surface area contributed by atoms with Gasteiger partial charge in [-0.1, -0.05) is 25.4 Å². The van der Waals surface area contributed by atoms with Gasteiger partial charge in [0, 0.05) is 25.1 Å². The van der Waals surface area contributed by atoms with Gasteiger partial charge in [-0.2, -0.15) is 0 Å². The molecule has 22 heavy (non-hydrogen) atoms. The minimum absolute atomic E-state index is 0.0240.